The Morgan fingerprint density at radius 1 is 0.886 bits per heavy atom. The molecule has 3 heterocycles. The van der Waals surface area contributed by atoms with Gasteiger partial charge in [0, 0.05) is 11.6 Å². The van der Waals surface area contributed by atoms with Crippen molar-refractivity contribution < 1.29 is 74.1 Å². The van der Waals surface area contributed by atoms with E-state index >= 15 is 0 Å². The van der Waals surface area contributed by atoms with Crippen molar-refractivity contribution in [2.45, 2.75) is 55.1 Å². The molecule has 0 radical (unpaired) electrons. The van der Waals surface area contributed by atoms with Crippen molar-refractivity contribution in [1.82, 2.24) is 0 Å². The first-order valence-electron chi connectivity index (χ1n) is 13.3. The molecule has 2 aliphatic rings. The lowest BCUT2D eigenvalue weighted by Gasteiger charge is -2.45. The van der Waals surface area contributed by atoms with Crippen LogP contribution in [0, 0.1) is 0 Å². The van der Waals surface area contributed by atoms with Gasteiger partial charge in [-0.15, -0.1) is 0 Å². The number of aliphatic hydroxyl groups is 6. The van der Waals surface area contributed by atoms with Gasteiger partial charge in [-0.25, -0.2) is 0 Å². The summed E-state index contributed by atoms with van der Waals surface area (Å²) in [7, 11) is 2.36. The third-order valence-corrected chi connectivity index (χ3v) is 7.66. The van der Waals surface area contributed by atoms with E-state index in [4.69, 9.17) is 28.1 Å². The van der Waals surface area contributed by atoms with Crippen molar-refractivity contribution >= 4 is 11.0 Å². The normalized spacial score (nSPS) is 30.8. The van der Waals surface area contributed by atoms with Gasteiger partial charge in [0.1, 0.15) is 60.0 Å². The second kappa shape index (κ2) is 12.4. The van der Waals surface area contributed by atoms with Crippen LogP contribution in [-0.4, -0.2) is 122 Å². The lowest BCUT2D eigenvalue weighted by Crippen LogP contribution is -2.60. The number of phenols is 3. The summed E-state index contributed by atoms with van der Waals surface area (Å²) in [5, 5.41) is 92.8. The lowest BCUT2D eigenvalue weighted by molar-refractivity contribution is -0.325. The topological polar surface area (TPSA) is 258 Å². The maximum Gasteiger partial charge on any atom is 0.204 e. The molecule has 2 aromatic carbocycles. The van der Waals surface area contributed by atoms with Gasteiger partial charge in [-0.1, -0.05) is 0 Å². The van der Waals surface area contributed by atoms with Crippen molar-refractivity contribution in [2.75, 3.05) is 27.4 Å². The Labute approximate surface area is 248 Å². The Bertz CT molecular complexity index is 1570. The molecule has 9 atom stereocenters. The fraction of sp³-hybridized carbons (Fsp3) is 0.464. The number of hydrogen-bond donors (Lipinski definition) is 9. The fourth-order valence-electron chi connectivity index (χ4n) is 5.35. The third kappa shape index (κ3) is 5.29. The molecule has 5 rings (SSSR count). The minimum Gasteiger partial charge on any atom is -0.504 e. The quantitative estimate of drug-likeness (QED) is 0.137. The minimum absolute atomic E-state index is 0.131. The van der Waals surface area contributed by atoms with Crippen LogP contribution in [0.5, 0.6) is 28.7 Å². The Morgan fingerprint density at radius 2 is 1.59 bits per heavy atom. The molecule has 0 bridgehead atoms. The molecule has 240 valence electrons. The van der Waals surface area contributed by atoms with Crippen LogP contribution in [0.3, 0.4) is 0 Å². The first-order valence-corrected chi connectivity index (χ1v) is 13.3. The van der Waals surface area contributed by atoms with Gasteiger partial charge in [0.2, 0.25) is 5.75 Å². The van der Waals surface area contributed by atoms with Gasteiger partial charge in [-0.05, 0) is 18.2 Å². The fourth-order valence-corrected chi connectivity index (χ4v) is 5.35. The van der Waals surface area contributed by atoms with Gasteiger partial charge in [-0.3, -0.25) is 4.79 Å². The van der Waals surface area contributed by atoms with E-state index in [1.165, 1.54) is 20.3 Å². The van der Waals surface area contributed by atoms with E-state index in [1.807, 2.05) is 0 Å². The summed E-state index contributed by atoms with van der Waals surface area (Å²) in [5.41, 5.74) is -1.26. The summed E-state index contributed by atoms with van der Waals surface area (Å²) < 4.78 is 34.1. The second-order valence-electron chi connectivity index (χ2n) is 10.3. The maximum atomic E-state index is 13.5. The number of aromatic hydroxyl groups is 3. The number of fused-ring (bicyclic) bond motifs is 1. The predicted molar refractivity (Wildman–Crippen MR) is 145 cm³/mol. The summed E-state index contributed by atoms with van der Waals surface area (Å²) in [6.45, 7) is -1.26. The number of ether oxygens (including phenoxy) is 5. The molecule has 9 N–H and O–H groups in total. The molecule has 0 saturated carbocycles. The van der Waals surface area contributed by atoms with Gasteiger partial charge in [-0.2, -0.15) is 0 Å². The molecule has 0 aliphatic carbocycles. The molecular formula is C28H32O16. The minimum atomic E-state index is -1.87. The van der Waals surface area contributed by atoms with Crippen LogP contribution in [0.1, 0.15) is 11.7 Å². The van der Waals surface area contributed by atoms with E-state index < -0.39 is 96.4 Å². The van der Waals surface area contributed by atoms with Crippen molar-refractivity contribution in [1.29, 1.82) is 0 Å². The van der Waals surface area contributed by atoms with Crippen LogP contribution in [0.25, 0.3) is 22.3 Å². The van der Waals surface area contributed by atoms with Crippen molar-refractivity contribution in [3.8, 4) is 40.1 Å². The highest BCUT2D eigenvalue weighted by Gasteiger charge is 2.51. The number of phenolic OH excluding ortho intramolecular Hbond substituents is 3. The summed E-state index contributed by atoms with van der Waals surface area (Å²) >= 11 is 0. The van der Waals surface area contributed by atoms with Gasteiger partial charge < -0.3 is 74.1 Å². The van der Waals surface area contributed by atoms with Crippen LogP contribution in [0.15, 0.2) is 33.5 Å². The Hall–Kier alpha value is -3.71. The van der Waals surface area contributed by atoms with E-state index in [0.29, 0.717) is 0 Å². The number of hydrogen-bond acceptors (Lipinski definition) is 16. The smallest absolute Gasteiger partial charge is 0.204 e. The van der Waals surface area contributed by atoms with Crippen LogP contribution in [0.4, 0.5) is 0 Å². The first-order chi connectivity index (χ1) is 20.9. The molecule has 3 aromatic rings. The standard InChI is InChI=1S/C28H32O16/c1-39-24-17(25-27(21(37)19(35)15(7-29)43-25)44-28-22(38)18(34)13(33)8-41-28)23-16(20(36)26(24)40-2)12(32)6-14(42-23)9-3-4-10(30)11(31)5-9/h3-6,13,15,18-19,21-22,25,27-31,33-38H,7-8H2,1-2H3/t13-,15+,18+,19-,21+,22+,25-,27+,28+/m0/s1. The zero-order valence-corrected chi connectivity index (χ0v) is 23.3. The Kier molecular flexibility index (Phi) is 8.90. The molecule has 2 fully saturated rings. The molecular weight excluding hydrogens is 592 g/mol. The molecule has 2 saturated heterocycles. The third-order valence-electron chi connectivity index (χ3n) is 7.66. The molecule has 2 aliphatic heterocycles. The Morgan fingerprint density at radius 3 is 2.23 bits per heavy atom. The number of aliphatic hydroxyl groups excluding tert-OH is 6. The maximum absolute atomic E-state index is 13.5. The Balaban J connectivity index is 1.76. The summed E-state index contributed by atoms with van der Waals surface area (Å²) in [5.74, 6) is -2.43. The summed E-state index contributed by atoms with van der Waals surface area (Å²) in [6, 6.07) is 4.62. The van der Waals surface area contributed by atoms with Gasteiger partial charge in [0.15, 0.2) is 40.3 Å². The SMILES string of the molecule is COc1c(OC)c(O)c2c(=O)cc(-c3ccc(O)c(O)c3)oc2c1[C@@H]1O[C@H](CO)[C@H](O)[C@@H](O)[C@H]1O[C@H]1OC[C@H](O)[C@@H](O)[C@H]1O. The molecule has 44 heavy (non-hydrogen) atoms. The van der Waals surface area contributed by atoms with Crippen LogP contribution >= 0.6 is 0 Å². The molecule has 0 spiro atoms. The van der Waals surface area contributed by atoms with E-state index in [2.05, 4.69) is 0 Å². The summed E-state index contributed by atoms with van der Waals surface area (Å²) in [4.78, 5) is 13.5. The molecule has 16 heteroatoms. The molecule has 0 amide bonds. The highest BCUT2D eigenvalue weighted by Crippen LogP contribution is 2.51. The van der Waals surface area contributed by atoms with Gasteiger partial charge >= 0.3 is 0 Å². The highest BCUT2D eigenvalue weighted by molar-refractivity contribution is 5.93. The largest absolute Gasteiger partial charge is 0.504 e. The van der Waals surface area contributed by atoms with Crippen molar-refractivity contribution in [3.05, 3.63) is 40.1 Å². The lowest BCUT2D eigenvalue weighted by atomic mass is 9.89. The number of benzene rings is 2. The predicted octanol–water partition coefficient (Wildman–Crippen LogP) is -1.43. The van der Waals surface area contributed by atoms with Crippen LogP contribution < -0.4 is 14.9 Å². The molecule has 1 aromatic heterocycles. The number of rotatable bonds is 7. The number of methoxy groups -OCH3 is 2. The first kappa shape index (κ1) is 31.7. The van der Waals surface area contributed by atoms with E-state index in [-0.39, 0.29) is 34.0 Å². The van der Waals surface area contributed by atoms with E-state index in [0.717, 1.165) is 18.2 Å². The summed E-state index contributed by atoms with van der Waals surface area (Å²) in [6.07, 6.45) is -15.0. The average Bonchev–Trinajstić information content (AvgIpc) is 3.00. The van der Waals surface area contributed by atoms with Gasteiger partial charge in [0.25, 0.3) is 0 Å². The van der Waals surface area contributed by atoms with Crippen LogP contribution in [0.2, 0.25) is 0 Å². The van der Waals surface area contributed by atoms with E-state index in [1.54, 1.807) is 0 Å². The zero-order valence-electron chi connectivity index (χ0n) is 23.3. The van der Waals surface area contributed by atoms with E-state index in [9.17, 15) is 50.8 Å². The molecule has 0 unspecified atom stereocenters. The van der Waals surface area contributed by atoms with Gasteiger partial charge in [0.05, 0.1) is 33.0 Å². The van der Waals surface area contributed by atoms with Crippen molar-refractivity contribution in [3.63, 3.8) is 0 Å². The van der Waals surface area contributed by atoms with Crippen LogP contribution in [-0.2, 0) is 14.2 Å². The second-order valence-corrected chi connectivity index (χ2v) is 10.3. The van der Waals surface area contributed by atoms with Crippen molar-refractivity contribution in [2.24, 2.45) is 0 Å². The average molecular weight is 625 g/mol. The highest BCUT2D eigenvalue weighted by atomic mass is 16.7. The zero-order chi connectivity index (χ0) is 32.0. The monoisotopic (exact) mass is 624 g/mol. The molecule has 16 nitrogen and oxygen atoms in total.